The van der Waals surface area contributed by atoms with Gasteiger partial charge in [-0.2, -0.15) is 0 Å². The lowest BCUT2D eigenvalue weighted by Crippen LogP contribution is -2.45. The van der Waals surface area contributed by atoms with Crippen molar-refractivity contribution in [1.82, 2.24) is 15.1 Å². The van der Waals surface area contributed by atoms with Gasteiger partial charge in [0.1, 0.15) is 0 Å². The number of ether oxygens (including phenoxy) is 1. The van der Waals surface area contributed by atoms with Crippen LogP contribution in [0.3, 0.4) is 0 Å². The van der Waals surface area contributed by atoms with E-state index in [0.717, 1.165) is 62.4 Å². The molecule has 1 N–H and O–H groups in total. The molecule has 0 saturated carbocycles. The molecule has 1 atom stereocenters. The average Bonchev–Trinajstić information content (AvgIpc) is 2.83. The molecule has 4 rings (SSSR count). The summed E-state index contributed by atoms with van der Waals surface area (Å²) < 4.78 is 5.41. The third kappa shape index (κ3) is 6.42. The van der Waals surface area contributed by atoms with Crippen LogP contribution in [0.25, 0.3) is 0 Å². The topological polar surface area (TPSA) is 61.9 Å². The van der Waals surface area contributed by atoms with Gasteiger partial charge in [-0.15, -0.1) is 0 Å². The number of amides is 2. The molecule has 6 nitrogen and oxygen atoms in total. The number of rotatable bonds is 6. The number of carbonyl (C=O) groups is 2. The van der Waals surface area contributed by atoms with Crippen LogP contribution in [0, 0.1) is 19.8 Å². The minimum atomic E-state index is -0.158. The average molecular weight is 450 g/mol. The summed E-state index contributed by atoms with van der Waals surface area (Å²) in [7, 11) is 0. The predicted octanol–water partition coefficient (Wildman–Crippen LogP) is 3.30. The Morgan fingerprint density at radius 1 is 0.970 bits per heavy atom. The number of hydrogen-bond acceptors (Lipinski definition) is 4. The third-order valence-electron chi connectivity index (χ3n) is 6.55. The fourth-order valence-corrected chi connectivity index (χ4v) is 4.77. The molecule has 6 heteroatoms. The van der Waals surface area contributed by atoms with E-state index in [1.807, 2.05) is 30.9 Å². The highest BCUT2D eigenvalue weighted by atomic mass is 16.5. The zero-order valence-corrected chi connectivity index (χ0v) is 19.8. The Morgan fingerprint density at radius 3 is 2.33 bits per heavy atom. The van der Waals surface area contributed by atoms with Crippen molar-refractivity contribution in [3.63, 3.8) is 0 Å². The standard InChI is InChI=1S/C27H35N3O3/c1-20-14-21(2)16-25(15-20)27(32)30-9-3-4-24(19-30)26(31)28-17-22-5-7-23(8-6-22)18-29-10-12-33-13-11-29/h5-8,14-16,24H,3-4,9-13,17-19H2,1-2H3,(H,28,31). The number of aryl methyl sites for hydroxylation is 2. The minimum Gasteiger partial charge on any atom is -0.379 e. The first-order valence-corrected chi connectivity index (χ1v) is 12.0. The summed E-state index contributed by atoms with van der Waals surface area (Å²) in [6, 6.07) is 14.4. The van der Waals surface area contributed by atoms with Crippen LogP contribution in [-0.4, -0.2) is 61.0 Å². The molecule has 33 heavy (non-hydrogen) atoms. The fourth-order valence-electron chi connectivity index (χ4n) is 4.77. The third-order valence-corrected chi connectivity index (χ3v) is 6.55. The van der Waals surface area contributed by atoms with E-state index in [2.05, 4.69) is 40.5 Å². The Labute approximate surface area is 196 Å². The fraction of sp³-hybridized carbons (Fsp3) is 0.481. The van der Waals surface area contributed by atoms with Gasteiger partial charge in [-0.25, -0.2) is 0 Å². The summed E-state index contributed by atoms with van der Waals surface area (Å²) in [6.45, 7) is 10.2. The molecule has 2 fully saturated rings. The molecule has 0 aliphatic carbocycles. The van der Waals surface area contributed by atoms with Crippen LogP contribution in [0.15, 0.2) is 42.5 Å². The molecule has 0 bridgehead atoms. The molecule has 2 amide bonds. The zero-order chi connectivity index (χ0) is 23.2. The molecule has 2 saturated heterocycles. The normalized spacial score (nSPS) is 19.3. The largest absolute Gasteiger partial charge is 0.379 e. The first kappa shape index (κ1) is 23.5. The molecule has 0 radical (unpaired) electrons. The molecule has 0 aromatic heterocycles. The van der Waals surface area contributed by atoms with Crippen molar-refractivity contribution >= 4 is 11.8 Å². The van der Waals surface area contributed by atoms with Crippen molar-refractivity contribution in [1.29, 1.82) is 0 Å². The van der Waals surface area contributed by atoms with Crippen molar-refractivity contribution in [3.8, 4) is 0 Å². The summed E-state index contributed by atoms with van der Waals surface area (Å²) >= 11 is 0. The molecule has 2 aliphatic heterocycles. The molecule has 176 valence electrons. The number of benzene rings is 2. The number of nitrogens with one attached hydrogen (secondary N) is 1. The molecule has 2 aromatic rings. The van der Waals surface area contributed by atoms with E-state index in [1.165, 1.54) is 5.56 Å². The zero-order valence-electron chi connectivity index (χ0n) is 19.8. The van der Waals surface area contributed by atoms with Gasteiger partial charge in [0.2, 0.25) is 5.91 Å². The first-order chi connectivity index (χ1) is 16.0. The van der Waals surface area contributed by atoms with Gasteiger partial charge >= 0.3 is 0 Å². The summed E-state index contributed by atoms with van der Waals surface area (Å²) in [5, 5.41) is 3.08. The molecular formula is C27H35N3O3. The van der Waals surface area contributed by atoms with Crippen LogP contribution in [-0.2, 0) is 22.6 Å². The second-order valence-corrected chi connectivity index (χ2v) is 9.39. The molecule has 0 spiro atoms. The summed E-state index contributed by atoms with van der Waals surface area (Å²) in [6.07, 6.45) is 1.67. The monoisotopic (exact) mass is 449 g/mol. The molecule has 1 unspecified atom stereocenters. The van der Waals surface area contributed by atoms with Crippen molar-refractivity contribution in [3.05, 3.63) is 70.3 Å². The first-order valence-electron chi connectivity index (χ1n) is 12.0. The van der Waals surface area contributed by atoms with E-state index in [4.69, 9.17) is 4.74 Å². The van der Waals surface area contributed by atoms with Crippen LogP contribution in [0.5, 0.6) is 0 Å². The Balaban J connectivity index is 1.28. The van der Waals surface area contributed by atoms with Gasteiger partial charge in [0.05, 0.1) is 19.1 Å². The highest BCUT2D eigenvalue weighted by Crippen LogP contribution is 2.20. The number of likely N-dealkylation sites (tertiary alicyclic amines) is 1. The molecule has 2 aromatic carbocycles. The minimum absolute atomic E-state index is 0.0233. The summed E-state index contributed by atoms with van der Waals surface area (Å²) in [5.41, 5.74) is 5.25. The lowest BCUT2D eigenvalue weighted by atomic mass is 9.96. The molecule has 2 heterocycles. The van der Waals surface area contributed by atoms with E-state index in [-0.39, 0.29) is 17.7 Å². The van der Waals surface area contributed by atoms with Gasteiger partial charge in [0.15, 0.2) is 0 Å². The maximum absolute atomic E-state index is 13.0. The van der Waals surface area contributed by atoms with Gasteiger partial charge in [-0.3, -0.25) is 14.5 Å². The molecular weight excluding hydrogens is 414 g/mol. The van der Waals surface area contributed by atoms with Crippen LogP contribution in [0.4, 0.5) is 0 Å². The summed E-state index contributed by atoms with van der Waals surface area (Å²) in [4.78, 5) is 30.1. The Kier molecular flexibility index (Phi) is 7.78. The highest BCUT2D eigenvalue weighted by molar-refractivity contribution is 5.95. The van der Waals surface area contributed by atoms with Crippen LogP contribution < -0.4 is 5.32 Å². The van der Waals surface area contributed by atoms with Gasteiger partial charge in [0, 0.05) is 44.8 Å². The van der Waals surface area contributed by atoms with Crippen LogP contribution in [0.2, 0.25) is 0 Å². The number of piperidine rings is 1. The van der Waals surface area contributed by atoms with E-state index in [9.17, 15) is 9.59 Å². The summed E-state index contributed by atoms with van der Waals surface area (Å²) in [5.74, 6) is -0.102. The SMILES string of the molecule is Cc1cc(C)cc(C(=O)N2CCCC(C(=O)NCc3ccc(CN4CCOCC4)cc3)C2)c1. The lowest BCUT2D eigenvalue weighted by Gasteiger charge is -2.32. The number of carbonyl (C=O) groups excluding carboxylic acids is 2. The maximum Gasteiger partial charge on any atom is 0.253 e. The number of nitrogens with zero attached hydrogens (tertiary/aromatic N) is 2. The second kappa shape index (κ2) is 10.9. The maximum atomic E-state index is 13.0. The quantitative estimate of drug-likeness (QED) is 0.735. The van der Waals surface area contributed by atoms with Gasteiger partial charge in [-0.05, 0) is 49.9 Å². The van der Waals surface area contributed by atoms with E-state index >= 15 is 0 Å². The van der Waals surface area contributed by atoms with Gasteiger partial charge in [-0.1, -0.05) is 41.5 Å². The Morgan fingerprint density at radius 2 is 1.64 bits per heavy atom. The Hall–Kier alpha value is -2.70. The van der Waals surface area contributed by atoms with Crippen molar-refractivity contribution < 1.29 is 14.3 Å². The molecule has 2 aliphatic rings. The van der Waals surface area contributed by atoms with Crippen LogP contribution >= 0.6 is 0 Å². The van der Waals surface area contributed by atoms with Crippen molar-refractivity contribution in [2.45, 2.75) is 39.8 Å². The van der Waals surface area contributed by atoms with E-state index in [1.54, 1.807) is 0 Å². The van der Waals surface area contributed by atoms with Crippen molar-refractivity contribution in [2.75, 3.05) is 39.4 Å². The van der Waals surface area contributed by atoms with Crippen molar-refractivity contribution in [2.24, 2.45) is 5.92 Å². The lowest BCUT2D eigenvalue weighted by molar-refractivity contribution is -0.126. The van der Waals surface area contributed by atoms with Crippen LogP contribution in [0.1, 0.15) is 45.5 Å². The second-order valence-electron chi connectivity index (χ2n) is 9.39. The van der Waals surface area contributed by atoms with E-state index < -0.39 is 0 Å². The van der Waals surface area contributed by atoms with E-state index in [0.29, 0.717) is 25.2 Å². The highest BCUT2D eigenvalue weighted by Gasteiger charge is 2.29. The Bertz CT molecular complexity index is 947. The van der Waals surface area contributed by atoms with Gasteiger partial charge in [0.25, 0.3) is 5.91 Å². The predicted molar refractivity (Wildman–Crippen MR) is 129 cm³/mol. The smallest absolute Gasteiger partial charge is 0.253 e. The van der Waals surface area contributed by atoms with Gasteiger partial charge < -0.3 is 15.0 Å². The number of morpholine rings is 1. The number of hydrogen-bond donors (Lipinski definition) is 1.